The molecule has 0 radical (unpaired) electrons. The number of nitrogens with one attached hydrogen (secondary N) is 2. The number of amides is 2. The third kappa shape index (κ3) is 5.50. The minimum Gasteiger partial charge on any atom is -0.399 e. The van der Waals surface area contributed by atoms with E-state index in [0.29, 0.717) is 24.2 Å². The topological polar surface area (TPSA) is 84.2 Å². The molecule has 3 rings (SSSR count). The van der Waals surface area contributed by atoms with Crippen molar-refractivity contribution in [2.75, 3.05) is 16.4 Å². The van der Waals surface area contributed by atoms with Crippen LogP contribution in [0.25, 0.3) is 0 Å². The Balaban J connectivity index is 0.00000225. The summed E-state index contributed by atoms with van der Waals surface area (Å²) in [5.41, 5.74) is 9.03. The van der Waals surface area contributed by atoms with Crippen LogP contribution in [0.2, 0.25) is 0 Å². The van der Waals surface area contributed by atoms with Gasteiger partial charge in [0, 0.05) is 29.4 Å². The minimum absolute atomic E-state index is 0. The number of carbonyl (C=O) groups excluding carboxylic acids is 2. The van der Waals surface area contributed by atoms with Crippen molar-refractivity contribution in [1.29, 1.82) is 0 Å². The van der Waals surface area contributed by atoms with Gasteiger partial charge in [-0.3, -0.25) is 9.59 Å². The lowest BCUT2D eigenvalue weighted by atomic mass is 10.1. The number of anilines is 3. The Hall–Kier alpha value is -2.53. The van der Waals surface area contributed by atoms with Gasteiger partial charge in [-0.25, -0.2) is 0 Å². The molecule has 0 aromatic heterocycles. The lowest BCUT2D eigenvalue weighted by molar-refractivity contribution is -0.117. The molecule has 1 aliphatic carbocycles. The highest BCUT2D eigenvalue weighted by Gasteiger charge is 2.29. The summed E-state index contributed by atoms with van der Waals surface area (Å²) in [5.74, 6) is 0.190. The Bertz CT molecular complexity index is 743. The van der Waals surface area contributed by atoms with Crippen LogP contribution in [-0.4, -0.2) is 11.8 Å². The zero-order valence-corrected chi connectivity index (χ0v) is 14.6. The number of carbonyl (C=O) groups is 2. The Morgan fingerprint density at radius 3 is 2.16 bits per heavy atom. The second-order valence-corrected chi connectivity index (χ2v) is 6.09. The Morgan fingerprint density at radius 2 is 1.56 bits per heavy atom. The zero-order valence-electron chi connectivity index (χ0n) is 13.8. The quantitative estimate of drug-likeness (QED) is 0.689. The number of halogens is 1. The fourth-order valence-corrected chi connectivity index (χ4v) is 2.46. The fourth-order valence-electron chi connectivity index (χ4n) is 2.46. The van der Waals surface area contributed by atoms with Gasteiger partial charge >= 0.3 is 0 Å². The van der Waals surface area contributed by atoms with Crippen molar-refractivity contribution in [2.45, 2.75) is 25.7 Å². The lowest BCUT2D eigenvalue weighted by Crippen LogP contribution is -2.14. The molecular weight excluding hydrogens is 338 g/mol. The van der Waals surface area contributed by atoms with Crippen LogP contribution in [0.15, 0.2) is 48.5 Å². The summed E-state index contributed by atoms with van der Waals surface area (Å²) in [4.78, 5) is 23.7. The van der Waals surface area contributed by atoms with Gasteiger partial charge in [-0.05, 0) is 55.2 Å². The molecule has 0 heterocycles. The number of benzene rings is 2. The number of hydrogen-bond acceptors (Lipinski definition) is 3. The van der Waals surface area contributed by atoms with Crippen molar-refractivity contribution in [3.63, 3.8) is 0 Å². The molecule has 0 unspecified atom stereocenters. The van der Waals surface area contributed by atoms with Gasteiger partial charge in [0.1, 0.15) is 0 Å². The highest BCUT2D eigenvalue weighted by molar-refractivity contribution is 5.95. The van der Waals surface area contributed by atoms with Crippen LogP contribution in [0.3, 0.4) is 0 Å². The van der Waals surface area contributed by atoms with E-state index in [1.807, 2.05) is 24.3 Å². The van der Waals surface area contributed by atoms with Gasteiger partial charge < -0.3 is 16.4 Å². The maximum absolute atomic E-state index is 12.0. The van der Waals surface area contributed by atoms with Crippen molar-refractivity contribution in [2.24, 2.45) is 5.92 Å². The predicted octanol–water partition coefficient (Wildman–Crippen LogP) is 3.61. The fraction of sp³-hybridized carbons (Fsp3) is 0.263. The van der Waals surface area contributed by atoms with Gasteiger partial charge in [-0.15, -0.1) is 12.4 Å². The second kappa shape index (κ2) is 8.53. The molecule has 1 fully saturated rings. The van der Waals surface area contributed by atoms with Crippen LogP contribution in [0.5, 0.6) is 0 Å². The van der Waals surface area contributed by atoms with Gasteiger partial charge in [0.15, 0.2) is 0 Å². The molecule has 2 amide bonds. The summed E-state index contributed by atoms with van der Waals surface area (Å²) in [5, 5.41) is 5.73. The van der Waals surface area contributed by atoms with E-state index in [-0.39, 0.29) is 30.1 Å². The average Bonchev–Trinajstić information content (AvgIpc) is 3.41. The summed E-state index contributed by atoms with van der Waals surface area (Å²) in [7, 11) is 0. The molecule has 6 heteroatoms. The highest BCUT2D eigenvalue weighted by atomic mass is 35.5. The van der Waals surface area contributed by atoms with Crippen LogP contribution in [-0.2, 0) is 16.0 Å². The summed E-state index contributed by atoms with van der Waals surface area (Å²) < 4.78 is 0. The molecule has 1 saturated carbocycles. The van der Waals surface area contributed by atoms with E-state index >= 15 is 0 Å². The van der Waals surface area contributed by atoms with Crippen LogP contribution in [0.1, 0.15) is 24.8 Å². The molecule has 5 nitrogen and oxygen atoms in total. The van der Waals surface area contributed by atoms with Crippen LogP contribution in [0.4, 0.5) is 17.1 Å². The molecular formula is C19H22ClN3O2. The Kier molecular flexibility index (Phi) is 6.42. The van der Waals surface area contributed by atoms with Crippen molar-refractivity contribution in [1.82, 2.24) is 0 Å². The van der Waals surface area contributed by atoms with E-state index in [1.54, 1.807) is 24.3 Å². The van der Waals surface area contributed by atoms with Crippen molar-refractivity contribution in [3.05, 3.63) is 54.1 Å². The molecule has 2 aromatic carbocycles. The number of rotatable bonds is 6. The Labute approximate surface area is 153 Å². The molecule has 1 aliphatic rings. The smallest absolute Gasteiger partial charge is 0.227 e. The summed E-state index contributed by atoms with van der Waals surface area (Å²) in [6.45, 7) is 0. The molecule has 0 atom stereocenters. The molecule has 0 saturated heterocycles. The lowest BCUT2D eigenvalue weighted by Gasteiger charge is -2.08. The van der Waals surface area contributed by atoms with E-state index in [0.717, 1.165) is 24.1 Å². The molecule has 25 heavy (non-hydrogen) atoms. The first kappa shape index (κ1) is 18.8. The maximum Gasteiger partial charge on any atom is 0.227 e. The Morgan fingerprint density at radius 1 is 0.960 bits per heavy atom. The van der Waals surface area contributed by atoms with E-state index in [1.165, 1.54) is 0 Å². The van der Waals surface area contributed by atoms with E-state index in [2.05, 4.69) is 10.6 Å². The summed E-state index contributed by atoms with van der Waals surface area (Å²) >= 11 is 0. The first-order valence-corrected chi connectivity index (χ1v) is 8.16. The predicted molar refractivity (Wildman–Crippen MR) is 103 cm³/mol. The molecule has 0 bridgehead atoms. The zero-order chi connectivity index (χ0) is 16.9. The van der Waals surface area contributed by atoms with Gasteiger partial charge in [0.25, 0.3) is 0 Å². The molecule has 132 valence electrons. The van der Waals surface area contributed by atoms with Gasteiger partial charge in [0.05, 0.1) is 0 Å². The second-order valence-electron chi connectivity index (χ2n) is 6.09. The van der Waals surface area contributed by atoms with Crippen molar-refractivity contribution in [3.8, 4) is 0 Å². The first-order chi connectivity index (χ1) is 11.6. The van der Waals surface area contributed by atoms with E-state index in [9.17, 15) is 9.59 Å². The van der Waals surface area contributed by atoms with Gasteiger partial charge in [0.2, 0.25) is 11.8 Å². The number of aryl methyl sites for hydroxylation is 1. The van der Waals surface area contributed by atoms with Gasteiger partial charge in [-0.1, -0.05) is 18.2 Å². The third-order valence-electron chi connectivity index (χ3n) is 4.06. The van der Waals surface area contributed by atoms with Gasteiger partial charge in [-0.2, -0.15) is 0 Å². The number of hydrogen-bond donors (Lipinski definition) is 3. The van der Waals surface area contributed by atoms with Crippen LogP contribution < -0.4 is 16.4 Å². The normalized spacial score (nSPS) is 12.8. The molecule has 0 spiro atoms. The maximum atomic E-state index is 12.0. The molecule has 4 N–H and O–H groups in total. The largest absolute Gasteiger partial charge is 0.399 e. The van der Waals surface area contributed by atoms with Crippen LogP contribution in [0, 0.1) is 5.92 Å². The number of para-hydroxylation sites is 1. The molecule has 2 aromatic rings. The summed E-state index contributed by atoms with van der Waals surface area (Å²) in [6, 6.07) is 14.7. The number of nitrogen functional groups attached to an aromatic ring is 1. The van der Waals surface area contributed by atoms with Crippen molar-refractivity contribution >= 4 is 41.3 Å². The highest BCUT2D eigenvalue weighted by Crippen LogP contribution is 2.30. The van der Waals surface area contributed by atoms with E-state index < -0.39 is 0 Å². The SMILES string of the molecule is Cl.Nc1ccccc1CCC(=O)Nc1ccc(NC(=O)C2CC2)cc1. The summed E-state index contributed by atoms with van der Waals surface area (Å²) in [6.07, 6.45) is 2.93. The minimum atomic E-state index is -0.0620. The third-order valence-corrected chi connectivity index (χ3v) is 4.06. The standard InChI is InChI=1S/C19H21N3O2.ClH/c20-17-4-2-1-3-13(17)7-12-18(23)21-15-8-10-16(11-9-15)22-19(24)14-5-6-14;/h1-4,8-11,14H,5-7,12,20H2,(H,21,23)(H,22,24);1H. The van der Waals surface area contributed by atoms with Crippen molar-refractivity contribution < 1.29 is 9.59 Å². The average molecular weight is 360 g/mol. The number of nitrogens with two attached hydrogens (primary N) is 1. The monoisotopic (exact) mass is 359 g/mol. The van der Waals surface area contributed by atoms with Crippen LogP contribution >= 0.6 is 12.4 Å². The first-order valence-electron chi connectivity index (χ1n) is 8.16. The van der Waals surface area contributed by atoms with E-state index in [4.69, 9.17) is 5.73 Å². The molecule has 0 aliphatic heterocycles.